The number of nitrogens with one attached hydrogen (secondary N) is 1. The van der Waals surface area contributed by atoms with E-state index in [0.717, 1.165) is 30.2 Å². The van der Waals surface area contributed by atoms with E-state index in [1.54, 1.807) is 24.0 Å². The van der Waals surface area contributed by atoms with Gasteiger partial charge in [-0.3, -0.25) is 0 Å². The van der Waals surface area contributed by atoms with Crippen LogP contribution in [-0.2, 0) is 6.54 Å². The van der Waals surface area contributed by atoms with Crippen molar-refractivity contribution in [2.45, 2.75) is 6.54 Å². The van der Waals surface area contributed by atoms with Gasteiger partial charge >= 0.3 is 0 Å². The van der Waals surface area contributed by atoms with E-state index in [2.05, 4.69) is 16.2 Å². The second-order valence-corrected chi connectivity index (χ2v) is 4.42. The summed E-state index contributed by atoms with van der Waals surface area (Å²) in [5.41, 5.74) is 1.14. The average Bonchev–Trinajstić information content (AvgIpc) is 2.26. The van der Waals surface area contributed by atoms with Crippen LogP contribution < -0.4 is 5.32 Å². The standard InChI is InChI=1S/C11H13ClN2S/c1-2-6-15-7-5-13-8-10-3-4-11(12)14-9-10/h1,3-4,9,13H,5-8H2. The number of hydrogen-bond donors (Lipinski definition) is 1. The van der Waals surface area contributed by atoms with Crippen molar-refractivity contribution in [3.05, 3.63) is 29.0 Å². The molecule has 0 spiro atoms. The van der Waals surface area contributed by atoms with Crippen LogP contribution in [0.5, 0.6) is 0 Å². The maximum absolute atomic E-state index is 5.68. The van der Waals surface area contributed by atoms with Crippen molar-refractivity contribution in [1.82, 2.24) is 10.3 Å². The van der Waals surface area contributed by atoms with Gasteiger partial charge in [-0.15, -0.1) is 18.2 Å². The molecule has 0 aromatic carbocycles. The molecule has 0 atom stereocenters. The molecule has 0 amide bonds. The van der Waals surface area contributed by atoms with Gasteiger partial charge in [-0.25, -0.2) is 4.98 Å². The number of terminal acetylenes is 1. The van der Waals surface area contributed by atoms with Crippen LogP contribution in [0.3, 0.4) is 0 Å². The first-order valence-electron chi connectivity index (χ1n) is 4.65. The van der Waals surface area contributed by atoms with E-state index in [1.807, 2.05) is 6.07 Å². The van der Waals surface area contributed by atoms with Gasteiger partial charge in [-0.05, 0) is 11.6 Å². The van der Waals surface area contributed by atoms with Crippen LogP contribution in [0.25, 0.3) is 0 Å². The molecule has 15 heavy (non-hydrogen) atoms. The van der Waals surface area contributed by atoms with Crippen molar-refractivity contribution >= 4 is 23.4 Å². The molecule has 0 aliphatic heterocycles. The maximum Gasteiger partial charge on any atom is 0.129 e. The summed E-state index contributed by atoms with van der Waals surface area (Å²) in [7, 11) is 0. The highest BCUT2D eigenvalue weighted by Crippen LogP contribution is 2.04. The number of aromatic nitrogens is 1. The quantitative estimate of drug-likeness (QED) is 0.469. The Bertz CT molecular complexity index is 318. The minimum Gasteiger partial charge on any atom is -0.312 e. The normalized spacial score (nSPS) is 9.87. The Balaban J connectivity index is 2.10. The number of pyridine rings is 1. The van der Waals surface area contributed by atoms with Crippen LogP contribution in [0.1, 0.15) is 5.56 Å². The lowest BCUT2D eigenvalue weighted by Gasteiger charge is -2.03. The molecule has 0 fully saturated rings. The third-order valence-electron chi connectivity index (χ3n) is 1.73. The Labute approximate surface area is 99.8 Å². The fourth-order valence-electron chi connectivity index (χ4n) is 1.02. The number of hydrogen-bond acceptors (Lipinski definition) is 3. The molecule has 1 aromatic heterocycles. The topological polar surface area (TPSA) is 24.9 Å². The van der Waals surface area contributed by atoms with E-state index in [4.69, 9.17) is 18.0 Å². The summed E-state index contributed by atoms with van der Waals surface area (Å²) in [5.74, 6) is 4.41. The molecular formula is C11H13ClN2S. The Kier molecular flexibility index (Phi) is 6.26. The molecule has 1 heterocycles. The minimum atomic E-state index is 0.531. The van der Waals surface area contributed by atoms with Gasteiger partial charge in [0.05, 0.1) is 5.75 Å². The second-order valence-electron chi connectivity index (χ2n) is 2.92. The van der Waals surface area contributed by atoms with Gasteiger partial charge in [-0.2, -0.15) is 0 Å². The number of nitrogens with zero attached hydrogens (tertiary/aromatic N) is 1. The van der Waals surface area contributed by atoms with Gasteiger partial charge in [0, 0.05) is 25.0 Å². The third kappa shape index (κ3) is 5.68. The van der Waals surface area contributed by atoms with Gasteiger partial charge in [-0.1, -0.05) is 23.6 Å². The fraction of sp³-hybridized carbons (Fsp3) is 0.364. The highest BCUT2D eigenvalue weighted by molar-refractivity contribution is 7.99. The zero-order valence-corrected chi connectivity index (χ0v) is 9.94. The second kappa shape index (κ2) is 7.58. The first kappa shape index (κ1) is 12.4. The Hall–Kier alpha value is -0.690. The minimum absolute atomic E-state index is 0.531. The van der Waals surface area contributed by atoms with Crippen molar-refractivity contribution < 1.29 is 0 Å². The largest absolute Gasteiger partial charge is 0.312 e. The predicted octanol–water partition coefficient (Wildman–Crippen LogP) is 2.19. The smallest absolute Gasteiger partial charge is 0.129 e. The summed E-state index contributed by atoms with van der Waals surface area (Å²) in [4.78, 5) is 4.00. The summed E-state index contributed by atoms with van der Waals surface area (Å²) in [6, 6.07) is 3.77. The average molecular weight is 241 g/mol. The van der Waals surface area contributed by atoms with Gasteiger partial charge in [0.2, 0.25) is 0 Å². The van der Waals surface area contributed by atoms with E-state index in [1.165, 1.54) is 0 Å². The van der Waals surface area contributed by atoms with Crippen LogP contribution in [0.4, 0.5) is 0 Å². The first-order valence-corrected chi connectivity index (χ1v) is 6.18. The van der Waals surface area contributed by atoms with Crippen LogP contribution in [0.2, 0.25) is 5.15 Å². The summed E-state index contributed by atoms with van der Waals surface area (Å²) < 4.78 is 0. The highest BCUT2D eigenvalue weighted by atomic mass is 35.5. The number of thioether (sulfide) groups is 1. The van der Waals surface area contributed by atoms with Gasteiger partial charge < -0.3 is 5.32 Å². The molecule has 2 nitrogen and oxygen atoms in total. The lowest BCUT2D eigenvalue weighted by molar-refractivity contribution is 0.730. The van der Waals surface area contributed by atoms with Crippen LogP contribution in [0, 0.1) is 12.3 Å². The molecule has 4 heteroatoms. The Morgan fingerprint density at radius 3 is 3.07 bits per heavy atom. The van der Waals surface area contributed by atoms with Crippen molar-refractivity contribution in [3.8, 4) is 12.3 Å². The molecule has 80 valence electrons. The van der Waals surface area contributed by atoms with E-state index in [-0.39, 0.29) is 0 Å². The van der Waals surface area contributed by atoms with Crippen LogP contribution in [0.15, 0.2) is 18.3 Å². The zero-order valence-electron chi connectivity index (χ0n) is 8.37. The summed E-state index contributed by atoms with van der Waals surface area (Å²) in [6.07, 6.45) is 6.92. The van der Waals surface area contributed by atoms with Crippen molar-refractivity contribution in [1.29, 1.82) is 0 Å². The molecule has 1 rings (SSSR count). The highest BCUT2D eigenvalue weighted by Gasteiger charge is 1.93. The fourth-order valence-corrected chi connectivity index (χ4v) is 1.68. The number of halogens is 1. The lowest BCUT2D eigenvalue weighted by Crippen LogP contribution is -2.16. The summed E-state index contributed by atoms with van der Waals surface area (Å²) >= 11 is 7.43. The summed E-state index contributed by atoms with van der Waals surface area (Å²) in [6.45, 7) is 1.77. The van der Waals surface area contributed by atoms with Crippen LogP contribution in [-0.4, -0.2) is 23.0 Å². The van der Waals surface area contributed by atoms with Gasteiger partial charge in [0.15, 0.2) is 0 Å². The zero-order chi connectivity index (χ0) is 10.9. The molecule has 0 unspecified atom stereocenters. The van der Waals surface area contributed by atoms with E-state index in [9.17, 15) is 0 Å². The first-order chi connectivity index (χ1) is 7.33. The molecule has 0 saturated heterocycles. The van der Waals surface area contributed by atoms with Crippen LogP contribution >= 0.6 is 23.4 Å². The summed E-state index contributed by atoms with van der Waals surface area (Å²) in [5, 5.41) is 3.84. The molecule has 0 bridgehead atoms. The molecule has 1 N–H and O–H groups in total. The third-order valence-corrected chi connectivity index (χ3v) is 2.81. The SMILES string of the molecule is C#CCSCCNCc1ccc(Cl)nc1. The van der Waals surface area contributed by atoms with Gasteiger partial charge in [0.1, 0.15) is 5.15 Å². The maximum atomic E-state index is 5.68. The van der Waals surface area contributed by atoms with E-state index >= 15 is 0 Å². The lowest BCUT2D eigenvalue weighted by atomic mass is 10.3. The molecular weight excluding hydrogens is 228 g/mol. The molecule has 0 saturated carbocycles. The Morgan fingerprint density at radius 2 is 2.40 bits per heavy atom. The molecule has 0 aliphatic rings. The van der Waals surface area contributed by atoms with E-state index < -0.39 is 0 Å². The van der Waals surface area contributed by atoms with Crippen molar-refractivity contribution in [2.75, 3.05) is 18.1 Å². The van der Waals surface area contributed by atoms with Crippen molar-refractivity contribution in [2.24, 2.45) is 0 Å². The predicted molar refractivity (Wildman–Crippen MR) is 67.1 cm³/mol. The number of rotatable bonds is 6. The Morgan fingerprint density at radius 1 is 1.53 bits per heavy atom. The molecule has 0 aliphatic carbocycles. The molecule has 1 aromatic rings. The molecule has 0 radical (unpaired) electrons. The van der Waals surface area contributed by atoms with E-state index in [0.29, 0.717) is 5.15 Å². The van der Waals surface area contributed by atoms with Gasteiger partial charge in [0.25, 0.3) is 0 Å². The van der Waals surface area contributed by atoms with Crippen molar-refractivity contribution in [3.63, 3.8) is 0 Å². The monoisotopic (exact) mass is 240 g/mol.